The molecular weight excluding hydrogens is 1020 g/mol. The smallest absolute Gasteiger partial charge is 0.548 e. The van der Waals surface area contributed by atoms with Gasteiger partial charge in [-0.2, -0.15) is 0 Å². The van der Waals surface area contributed by atoms with E-state index in [2.05, 4.69) is 0 Å². The SMILES string of the molecule is O=C(O)CC[C@H](NC(C(=O)O)C(=O)O)C(=O)[O-].O=C(O)CC[C@H](NC(C(=O)O)C(=O)O)C(=O)[O-].O=C(O)CC[C@H](NC(C(=O)O)C(=O)O)C(=O)[O-].O=C(O)CC[C@H](NC(C(=O)O)C(=O)O)C(=O)[O-].[Fe+3].[NH4+]. The minimum Gasteiger partial charge on any atom is -0.548 e. The van der Waals surface area contributed by atoms with Crippen molar-refractivity contribution in [3.8, 4) is 0 Å². The van der Waals surface area contributed by atoms with Crippen LogP contribution in [0.1, 0.15) is 51.4 Å². The van der Waals surface area contributed by atoms with Crippen molar-refractivity contribution in [1.29, 1.82) is 0 Å². The monoisotopic (exact) mass is 1070 g/mol. The average molecular weight is 1070 g/mol. The third-order valence-electron chi connectivity index (χ3n) is 7.17. The Bertz CT molecular complexity index is 1570. The predicted octanol–water partition coefficient (Wildman–Crippen LogP) is -11.2. The van der Waals surface area contributed by atoms with Crippen LogP contribution in [0.25, 0.3) is 0 Å². The fraction of sp³-hybridized carbons (Fsp3) is 0.500. The summed E-state index contributed by atoms with van der Waals surface area (Å²) >= 11 is 0. The number of carbonyl (C=O) groups is 16. The Labute approximate surface area is 397 Å². The zero-order valence-corrected chi connectivity index (χ0v) is 36.3. The van der Waals surface area contributed by atoms with E-state index in [9.17, 15) is 97.1 Å². The minimum absolute atomic E-state index is 0. The summed E-state index contributed by atoms with van der Waals surface area (Å²) in [6.07, 6.45) is -4.14. The molecule has 0 aliphatic rings. The van der Waals surface area contributed by atoms with Gasteiger partial charge in [0.2, 0.25) is 24.2 Å². The summed E-state index contributed by atoms with van der Waals surface area (Å²) in [6.45, 7) is 0. The topological polar surface area (TPSA) is 693 Å². The molecule has 70 heavy (non-hydrogen) atoms. The van der Waals surface area contributed by atoms with E-state index in [1.165, 1.54) is 0 Å². The number of nitrogens with one attached hydrogen (secondary N) is 4. The van der Waals surface area contributed by atoms with Crippen LogP contribution in [0.3, 0.4) is 0 Å². The van der Waals surface area contributed by atoms with Gasteiger partial charge in [-0.25, -0.2) is 38.4 Å². The molecule has 38 heteroatoms. The van der Waals surface area contributed by atoms with Crippen molar-refractivity contribution in [3.05, 3.63) is 0 Å². The Balaban J connectivity index is -0.000000193. The van der Waals surface area contributed by atoms with E-state index in [-0.39, 0.29) is 23.2 Å². The van der Waals surface area contributed by atoms with Gasteiger partial charge >= 0.3 is 88.7 Å². The van der Waals surface area contributed by atoms with Gasteiger partial charge in [-0.1, -0.05) is 0 Å². The quantitative estimate of drug-likeness (QED) is 0.0220. The number of aliphatic carboxylic acids is 16. The van der Waals surface area contributed by atoms with Gasteiger partial charge in [-0.3, -0.25) is 40.4 Å². The maximum absolute atomic E-state index is 10.5. The van der Waals surface area contributed by atoms with Gasteiger partial charge in [-0.05, 0) is 25.7 Å². The number of rotatable bonds is 32. The van der Waals surface area contributed by atoms with Crippen LogP contribution in [-0.4, -0.2) is 205 Å². The van der Waals surface area contributed by atoms with Crippen molar-refractivity contribution in [2.75, 3.05) is 0 Å². The second-order valence-corrected chi connectivity index (χ2v) is 12.3. The summed E-state index contributed by atoms with van der Waals surface area (Å²) in [5, 5.41) is 150. The third-order valence-corrected chi connectivity index (χ3v) is 7.17. The van der Waals surface area contributed by atoms with Gasteiger partial charge in [0.05, 0.1) is 23.9 Å². The van der Waals surface area contributed by atoms with Crippen LogP contribution in [0.2, 0.25) is 0 Å². The summed E-state index contributed by atoms with van der Waals surface area (Å²) in [6, 6.07) is -15.2. The van der Waals surface area contributed by atoms with E-state index in [1.807, 2.05) is 0 Å². The van der Waals surface area contributed by atoms with Crippen LogP contribution in [0.4, 0.5) is 0 Å². The molecule has 0 spiro atoms. The normalized spacial score (nSPS) is 11.7. The molecule has 0 bridgehead atoms. The molecule has 0 amide bonds. The Morgan fingerprint density at radius 1 is 0.286 bits per heavy atom. The van der Waals surface area contributed by atoms with E-state index in [4.69, 9.17) is 61.3 Å². The van der Waals surface area contributed by atoms with Crippen molar-refractivity contribution >= 4 is 95.5 Å². The molecule has 4 atom stereocenters. The number of hydrogen-bond acceptors (Lipinski definition) is 24. The first-order valence-electron chi connectivity index (χ1n) is 17.6. The Morgan fingerprint density at radius 3 is 0.471 bits per heavy atom. The number of quaternary nitrogens is 1. The predicted molar refractivity (Wildman–Crippen MR) is 197 cm³/mol. The molecule has 0 saturated heterocycles. The van der Waals surface area contributed by atoms with Gasteiger partial charge in [0.1, 0.15) is 0 Å². The number of carboxylic acids is 16. The molecule has 0 aliphatic carbocycles. The number of hydrogen-bond donors (Lipinski definition) is 17. The van der Waals surface area contributed by atoms with Crippen LogP contribution in [0, 0.1) is 0 Å². The van der Waals surface area contributed by atoms with Gasteiger partial charge in [0.25, 0.3) is 0 Å². The first kappa shape index (κ1) is 73.4. The van der Waals surface area contributed by atoms with Gasteiger partial charge < -0.3 is 107 Å². The van der Waals surface area contributed by atoms with Crippen molar-refractivity contribution in [2.24, 2.45) is 0 Å². The Morgan fingerprint density at radius 2 is 0.400 bits per heavy atom. The van der Waals surface area contributed by atoms with Crippen LogP contribution in [0.5, 0.6) is 0 Å². The summed E-state index contributed by atoms with van der Waals surface area (Å²) < 4.78 is 0. The molecule has 0 fully saturated rings. The molecule has 0 aromatic rings. The second kappa shape index (κ2) is 37.9. The van der Waals surface area contributed by atoms with Crippen molar-refractivity contribution in [3.63, 3.8) is 0 Å². The van der Waals surface area contributed by atoms with E-state index >= 15 is 0 Å². The maximum atomic E-state index is 10.5. The molecule has 0 aromatic heterocycles. The Kier molecular flexibility index (Phi) is 39.7. The van der Waals surface area contributed by atoms with E-state index in [0.717, 1.165) is 0 Å². The first-order chi connectivity index (χ1) is 31.0. The van der Waals surface area contributed by atoms with E-state index in [1.54, 1.807) is 21.3 Å². The number of carboxylic acid groups (broad SMARTS) is 16. The summed E-state index contributed by atoms with van der Waals surface area (Å²) in [4.78, 5) is 167. The van der Waals surface area contributed by atoms with Gasteiger partial charge in [0.15, 0.2) is 0 Å². The average Bonchev–Trinajstić information content (AvgIpc) is 3.16. The van der Waals surface area contributed by atoms with Gasteiger partial charge in [0, 0.05) is 49.9 Å². The fourth-order valence-corrected chi connectivity index (χ4v) is 3.95. The van der Waals surface area contributed by atoms with E-state index in [0.29, 0.717) is 0 Å². The standard InChI is InChI=1S/4C8H11NO8.Fe.H3N/c4*10-4(11)2-1-3(6(12)13)9-5(7(14)15)8(16)17;;/h4*3,5,9H,1-2H2,(H,10,11)(H,12,13)(H,14,15)(H,16,17);;1H3/q;;;;+3;/p-3/t4*3-;;/m0000../s1. The molecular formula is C32H44FeN5O32. The minimum atomic E-state index is -2.13. The van der Waals surface area contributed by atoms with E-state index < -0.39 is 195 Å². The molecule has 20 N–H and O–H groups in total. The molecule has 37 nitrogen and oxygen atoms in total. The summed E-state index contributed by atoms with van der Waals surface area (Å²) in [7, 11) is 0. The van der Waals surface area contributed by atoms with Crippen LogP contribution >= 0.6 is 0 Å². The molecule has 0 rings (SSSR count). The fourth-order valence-electron chi connectivity index (χ4n) is 3.95. The molecule has 397 valence electrons. The summed E-state index contributed by atoms with van der Waals surface area (Å²) in [5.41, 5.74) is 0. The van der Waals surface area contributed by atoms with Crippen molar-refractivity contribution in [1.82, 2.24) is 27.4 Å². The molecule has 0 aliphatic heterocycles. The molecule has 0 aromatic carbocycles. The number of carbonyl (C=O) groups excluding carboxylic acids is 4. The summed E-state index contributed by atoms with van der Waals surface area (Å²) in [5.74, 6) is -26.5. The van der Waals surface area contributed by atoms with Crippen molar-refractivity contribution < 1.29 is 175 Å². The van der Waals surface area contributed by atoms with Crippen LogP contribution in [-0.2, 0) is 93.8 Å². The molecule has 0 heterocycles. The van der Waals surface area contributed by atoms with Crippen LogP contribution < -0.4 is 47.8 Å². The second-order valence-electron chi connectivity index (χ2n) is 12.3. The first-order valence-corrected chi connectivity index (χ1v) is 17.6. The van der Waals surface area contributed by atoms with Crippen LogP contribution in [0.15, 0.2) is 0 Å². The van der Waals surface area contributed by atoms with Crippen molar-refractivity contribution in [2.45, 2.75) is 99.7 Å². The molecule has 0 unspecified atom stereocenters. The largest absolute Gasteiger partial charge is 3.00 e. The molecule has 0 saturated carbocycles. The zero-order chi connectivity index (χ0) is 54.3. The third kappa shape index (κ3) is 36.0. The maximum Gasteiger partial charge on any atom is 3.00 e. The Hall–Kier alpha value is -8.16. The molecule has 1 radical (unpaired) electrons. The zero-order valence-electron chi connectivity index (χ0n) is 35.2. The van der Waals surface area contributed by atoms with Gasteiger partial charge in [-0.15, -0.1) is 0 Å².